The van der Waals surface area contributed by atoms with Gasteiger partial charge >= 0.3 is 23.9 Å². The van der Waals surface area contributed by atoms with Gasteiger partial charge in [-0.2, -0.15) is 0 Å². The van der Waals surface area contributed by atoms with Crippen LogP contribution in [-0.2, 0) is 38.1 Å². The molecule has 0 aliphatic heterocycles. The fraction of sp³-hybridized carbons (Fsp3) is 0.619. The summed E-state index contributed by atoms with van der Waals surface area (Å²) < 4.78 is 19.3. The molecule has 0 radical (unpaired) electrons. The first kappa shape index (κ1) is 30.7. The average molecular weight is 559 g/mol. The smallest absolute Gasteiger partial charge is 0.321 e. The molecule has 0 amide bonds. The fourth-order valence-corrected chi connectivity index (χ4v) is 4.72. The number of allylic oxidation sites excluding steroid dienone is 1. The summed E-state index contributed by atoms with van der Waals surface area (Å²) in [5.74, 6) is -11.7. The molecule has 0 saturated carbocycles. The summed E-state index contributed by atoms with van der Waals surface area (Å²) in [6.45, 7) is 5.26. The van der Waals surface area contributed by atoms with Crippen molar-refractivity contribution in [3.8, 4) is 0 Å². The van der Waals surface area contributed by atoms with Gasteiger partial charge in [-0.05, 0) is 27.7 Å². The summed E-state index contributed by atoms with van der Waals surface area (Å²) in [5, 5.41) is 12.1. The van der Waals surface area contributed by atoms with Gasteiger partial charge in [0, 0.05) is 15.5 Å². The van der Waals surface area contributed by atoms with Crippen LogP contribution in [0.4, 0.5) is 0 Å². The molecular formula is C21H26Cl3NO10. The minimum Gasteiger partial charge on any atom is -0.465 e. The number of nitro groups is 1. The molecule has 0 aromatic heterocycles. The van der Waals surface area contributed by atoms with E-state index in [9.17, 15) is 29.3 Å². The zero-order valence-electron chi connectivity index (χ0n) is 19.5. The van der Waals surface area contributed by atoms with Crippen LogP contribution < -0.4 is 0 Å². The van der Waals surface area contributed by atoms with Gasteiger partial charge in [0.25, 0.3) is 0 Å². The van der Waals surface area contributed by atoms with E-state index >= 15 is 0 Å². The Morgan fingerprint density at radius 1 is 0.857 bits per heavy atom. The van der Waals surface area contributed by atoms with Gasteiger partial charge in [0.2, 0.25) is 6.04 Å². The SMILES string of the molecule is CCOC(=O)C(C(=O)OCC)[C@H]1C=C(Cl)C(=C(Cl)Cl)[C@H](C(C(=O)OCC)C(=O)OCC)[C@@H]1[N+](=O)[O-]. The summed E-state index contributed by atoms with van der Waals surface area (Å²) in [6, 6.07) is -1.99. The number of carbonyl (C=O) groups excluding carboxylic acids is 4. The second-order valence-corrected chi connectivity index (χ2v) is 8.39. The summed E-state index contributed by atoms with van der Waals surface area (Å²) in [5.41, 5.74) is -0.314. The Bertz CT molecular complexity index is 864. The molecule has 0 N–H and O–H groups in total. The highest BCUT2D eigenvalue weighted by Crippen LogP contribution is 2.47. The van der Waals surface area contributed by atoms with E-state index < -0.39 is 63.0 Å². The summed E-state index contributed by atoms with van der Waals surface area (Å²) in [7, 11) is 0. The number of rotatable bonds is 11. The summed E-state index contributed by atoms with van der Waals surface area (Å²) in [6.07, 6.45) is 1.04. The van der Waals surface area contributed by atoms with Crippen LogP contribution in [0.2, 0.25) is 0 Å². The third kappa shape index (κ3) is 7.31. The van der Waals surface area contributed by atoms with E-state index in [1.165, 1.54) is 27.7 Å². The van der Waals surface area contributed by atoms with Crippen molar-refractivity contribution in [2.75, 3.05) is 26.4 Å². The van der Waals surface area contributed by atoms with Crippen molar-refractivity contribution in [3.05, 3.63) is 31.3 Å². The average Bonchev–Trinajstić information content (AvgIpc) is 2.74. The number of nitrogens with zero attached hydrogens (tertiary/aromatic N) is 1. The van der Waals surface area contributed by atoms with Crippen LogP contribution in [0.5, 0.6) is 0 Å². The normalized spacial score (nSPS) is 19.6. The molecule has 0 fully saturated rings. The lowest BCUT2D eigenvalue weighted by atomic mass is 9.68. The van der Waals surface area contributed by atoms with Crippen molar-refractivity contribution in [1.29, 1.82) is 0 Å². The second-order valence-electron chi connectivity index (χ2n) is 7.03. The van der Waals surface area contributed by atoms with E-state index in [1.54, 1.807) is 0 Å². The zero-order valence-corrected chi connectivity index (χ0v) is 21.7. The molecule has 35 heavy (non-hydrogen) atoms. The molecule has 196 valence electrons. The first-order valence-electron chi connectivity index (χ1n) is 10.7. The van der Waals surface area contributed by atoms with Crippen LogP contribution in [0, 0.1) is 33.8 Å². The zero-order chi connectivity index (χ0) is 26.9. The number of carbonyl (C=O) groups is 4. The standard InChI is InChI=1S/C21H26Cl3NO10/c1-5-32-18(26)12(19(27)33-6-2)10-9-11(22)13(17(23)24)14(16(10)25(30)31)15(20(28)34-7-3)21(29)35-8-4/h9-10,12,14-16H,5-8H2,1-4H3/t10-,14-,16-/m1/s1. The van der Waals surface area contributed by atoms with E-state index in [0.29, 0.717) is 0 Å². The number of esters is 4. The summed E-state index contributed by atoms with van der Waals surface area (Å²) in [4.78, 5) is 62.7. The molecule has 0 spiro atoms. The lowest BCUT2D eigenvalue weighted by molar-refractivity contribution is -0.540. The van der Waals surface area contributed by atoms with Gasteiger partial charge in [-0.3, -0.25) is 29.3 Å². The highest BCUT2D eigenvalue weighted by Gasteiger charge is 2.58. The van der Waals surface area contributed by atoms with Gasteiger partial charge in [-0.15, -0.1) is 0 Å². The maximum absolute atomic E-state index is 12.9. The van der Waals surface area contributed by atoms with Crippen LogP contribution in [-0.4, -0.2) is 61.3 Å². The minimum atomic E-state index is -1.99. The molecular weight excluding hydrogens is 533 g/mol. The van der Waals surface area contributed by atoms with Crippen LogP contribution >= 0.6 is 34.8 Å². The third-order valence-electron chi connectivity index (χ3n) is 5.04. The number of ether oxygens (including phenoxy) is 4. The van der Waals surface area contributed by atoms with Crippen molar-refractivity contribution in [2.45, 2.75) is 33.7 Å². The highest BCUT2D eigenvalue weighted by molar-refractivity contribution is 6.57. The van der Waals surface area contributed by atoms with E-state index in [4.69, 9.17) is 53.8 Å². The van der Waals surface area contributed by atoms with E-state index in [1.807, 2.05) is 0 Å². The van der Waals surface area contributed by atoms with E-state index in [0.717, 1.165) is 6.08 Å². The molecule has 0 aromatic carbocycles. The largest absolute Gasteiger partial charge is 0.465 e. The van der Waals surface area contributed by atoms with Crippen molar-refractivity contribution in [1.82, 2.24) is 0 Å². The van der Waals surface area contributed by atoms with Gasteiger partial charge in [-0.1, -0.05) is 40.9 Å². The summed E-state index contributed by atoms with van der Waals surface area (Å²) >= 11 is 18.3. The molecule has 0 heterocycles. The molecule has 11 nitrogen and oxygen atoms in total. The molecule has 1 aliphatic carbocycles. The molecule has 0 aromatic rings. The van der Waals surface area contributed by atoms with Gasteiger partial charge < -0.3 is 18.9 Å². The number of halogens is 3. The Kier molecular flexibility index (Phi) is 12.5. The van der Waals surface area contributed by atoms with Gasteiger partial charge in [0.15, 0.2) is 11.8 Å². The Labute approximate surface area is 216 Å². The van der Waals surface area contributed by atoms with Crippen LogP contribution in [0.1, 0.15) is 27.7 Å². The van der Waals surface area contributed by atoms with Crippen LogP contribution in [0.25, 0.3) is 0 Å². The van der Waals surface area contributed by atoms with Crippen molar-refractivity contribution in [3.63, 3.8) is 0 Å². The third-order valence-corrected chi connectivity index (χ3v) is 5.78. The maximum Gasteiger partial charge on any atom is 0.321 e. The number of hydrogen-bond acceptors (Lipinski definition) is 10. The van der Waals surface area contributed by atoms with Gasteiger partial charge in [-0.25, -0.2) is 0 Å². The van der Waals surface area contributed by atoms with Crippen molar-refractivity contribution in [2.24, 2.45) is 23.7 Å². The molecule has 1 aliphatic rings. The monoisotopic (exact) mass is 557 g/mol. The van der Waals surface area contributed by atoms with Crippen LogP contribution in [0.15, 0.2) is 21.2 Å². The predicted molar refractivity (Wildman–Crippen MR) is 124 cm³/mol. The second kappa shape index (κ2) is 14.3. The first-order chi connectivity index (χ1) is 16.5. The lowest BCUT2D eigenvalue weighted by Gasteiger charge is -2.36. The highest BCUT2D eigenvalue weighted by atomic mass is 35.5. The van der Waals surface area contributed by atoms with E-state index in [2.05, 4.69) is 0 Å². The fourth-order valence-electron chi connectivity index (χ4n) is 3.80. The predicted octanol–water partition coefficient (Wildman–Crippen LogP) is 3.17. The Morgan fingerprint density at radius 2 is 1.23 bits per heavy atom. The van der Waals surface area contributed by atoms with Gasteiger partial charge in [0.05, 0.1) is 38.3 Å². The maximum atomic E-state index is 12.9. The Morgan fingerprint density at radius 3 is 1.54 bits per heavy atom. The molecule has 0 unspecified atom stereocenters. The Hall–Kier alpha value is -2.37. The number of hydrogen-bond donors (Lipinski definition) is 0. The first-order valence-corrected chi connectivity index (χ1v) is 11.8. The Balaban J connectivity index is 3.94. The van der Waals surface area contributed by atoms with Crippen molar-refractivity contribution >= 4 is 58.7 Å². The van der Waals surface area contributed by atoms with Crippen molar-refractivity contribution < 1.29 is 43.0 Å². The molecule has 0 saturated heterocycles. The molecule has 1 rings (SSSR count). The van der Waals surface area contributed by atoms with Gasteiger partial charge in [0.1, 0.15) is 4.49 Å². The lowest BCUT2D eigenvalue weighted by Crippen LogP contribution is -2.52. The van der Waals surface area contributed by atoms with E-state index in [-0.39, 0.29) is 37.0 Å². The minimum absolute atomic E-state index is 0.140. The van der Waals surface area contributed by atoms with Crippen LogP contribution in [0.3, 0.4) is 0 Å². The molecule has 0 bridgehead atoms. The quantitative estimate of drug-likeness (QED) is 0.122. The molecule has 14 heteroatoms. The topological polar surface area (TPSA) is 148 Å². The molecule has 3 atom stereocenters.